The van der Waals surface area contributed by atoms with Crippen LogP contribution in [0.15, 0.2) is 164 Å². The molecule has 1 aliphatic carbocycles. The van der Waals surface area contributed by atoms with E-state index in [0.29, 0.717) is 5.82 Å². The Morgan fingerprint density at radius 2 is 1.39 bits per heavy atom. The molecule has 232 valence electrons. The lowest BCUT2D eigenvalue weighted by Gasteiger charge is -2.34. The number of fused-ring (bicyclic) bond motifs is 2. The van der Waals surface area contributed by atoms with Crippen molar-refractivity contribution in [1.82, 2.24) is 15.0 Å². The molecule has 4 heteroatoms. The minimum Gasteiger partial charge on any atom is -0.307 e. The molecular formula is C45H32N4. The van der Waals surface area contributed by atoms with E-state index in [1.165, 1.54) is 27.5 Å². The summed E-state index contributed by atoms with van der Waals surface area (Å²) in [5.41, 5.74) is 14.2. The number of allylic oxidation sites excluding steroid dienone is 6. The Morgan fingerprint density at radius 1 is 0.571 bits per heavy atom. The highest BCUT2D eigenvalue weighted by Crippen LogP contribution is 2.52. The molecule has 9 rings (SSSR count). The quantitative estimate of drug-likeness (QED) is 0.190. The maximum absolute atomic E-state index is 5.19. The summed E-state index contributed by atoms with van der Waals surface area (Å²) in [6.07, 6.45) is 15.2. The molecule has 4 nitrogen and oxygen atoms in total. The van der Waals surface area contributed by atoms with Gasteiger partial charge in [0.05, 0.1) is 29.0 Å². The molecule has 0 unspecified atom stereocenters. The molecule has 0 amide bonds. The molecule has 0 spiro atoms. The normalized spacial score (nSPS) is 13.2. The van der Waals surface area contributed by atoms with E-state index in [4.69, 9.17) is 9.97 Å². The van der Waals surface area contributed by atoms with Gasteiger partial charge in [-0.2, -0.15) is 0 Å². The first-order valence-electron chi connectivity index (χ1n) is 16.7. The molecule has 7 aromatic rings. The minimum atomic E-state index is 0.699. The van der Waals surface area contributed by atoms with E-state index in [-0.39, 0.29) is 0 Å². The van der Waals surface area contributed by atoms with E-state index in [9.17, 15) is 0 Å². The number of hydrogen-bond acceptors (Lipinski definition) is 4. The molecule has 0 fully saturated rings. The van der Waals surface area contributed by atoms with E-state index in [0.717, 1.165) is 62.7 Å². The lowest BCUT2D eigenvalue weighted by molar-refractivity contribution is 1.14. The van der Waals surface area contributed by atoms with Gasteiger partial charge in [0.25, 0.3) is 0 Å². The monoisotopic (exact) mass is 628 g/mol. The summed E-state index contributed by atoms with van der Waals surface area (Å²) in [6.45, 7) is 2.17. The van der Waals surface area contributed by atoms with Crippen LogP contribution < -0.4 is 4.90 Å². The van der Waals surface area contributed by atoms with Crippen LogP contribution in [-0.2, 0) is 0 Å². The molecule has 0 bridgehead atoms. The maximum atomic E-state index is 5.19. The Morgan fingerprint density at radius 3 is 2.24 bits per heavy atom. The average molecular weight is 629 g/mol. The second kappa shape index (κ2) is 12.0. The zero-order valence-corrected chi connectivity index (χ0v) is 27.1. The summed E-state index contributed by atoms with van der Waals surface area (Å²) in [5.74, 6) is 0.699. The third-order valence-corrected chi connectivity index (χ3v) is 9.46. The Balaban J connectivity index is 1.23. The van der Waals surface area contributed by atoms with Crippen molar-refractivity contribution in [2.24, 2.45) is 0 Å². The van der Waals surface area contributed by atoms with Crippen LogP contribution in [0.1, 0.15) is 17.7 Å². The van der Waals surface area contributed by atoms with Gasteiger partial charge in [0.1, 0.15) is 0 Å². The predicted octanol–water partition coefficient (Wildman–Crippen LogP) is 11.7. The van der Waals surface area contributed by atoms with Gasteiger partial charge in [0, 0.05) is 34.0 Å². The Labute approximate surface area is 286 Å². The average Bonchev–Trinajstić information content (AvgIpc) is 3.46. The zero-order chi connectivity index (χ0) is 32.7. The van der Waals surface area contributed by atoms with Crippen LogP contribution in [0, 0.1) is 6.92 Å². The van der Waals surface area contributed by atoms with Gasteiger partial charge in [0.15, 0.2) is 5.82 Å². The van der Waals surface area contributed by atoms with Crippen LogP contribution in [0.3, 0.4) is 0 Å². The highest BCUT2D eigenvalue weighted by molar-refractivity contribution is 6.15. The molecule has 3 heterocycles. The molecule has 2 aliphatic rings. The topological polar surface area (TPSA) is 41.9 Å². The van der Waals surface area contributed by atoms with Crippen molar-refractivity contribution in [3.63, 3.8) is 0 Å². The maximum Gasteiger partial charge on any atom is 0.160 e. The molecule has 2 aromatic heterocycles. The van der Waals surface area contributed by atoms with Gasteiger partial charge in [-0.15, -0.1) is 0 Å². The number of pyridine rings is 1. The van der Waals surface area contributed by atoms with Crippen LogP contribution in [0.4, 0.5) is 17.1 Å². The molecule has 49 heavy (non-hydrogen) atoms. The SMILES string of the molecule is Cc1ccc(-c2nc(C3=CC=CC=CC3)cc(-c3ccccc3)n2)cc1N1c2cnccc2-c2cc(-c3ccccc3)cc3cccc1c23. The van der Waals surface area contributed by atoms with Gasteiger partial charge in [-0.3, -0.25) is 4.98 Å². The fourth-order valence-corrected chi connectivity index (χ4v) is 7.04. The number of aryl methyl sites for hydroxylation is 1. The minimum absolute atomic E-state index is 0.699. The molecule has 1 aliphatic heterocycles. The highest BCUT2D eigenvalue weighted by atomic mass is 15.2. The van der Waals surface area contributed by atoms with Gasteiger partial charge in [-0.25, -0.2) is 9.97 Å². The Kier molecular flexibility index (Phi) is 7.06. The zero-order valence-electron chi connectivity index (χ0n) is 27.1. The Hall–Kier alpha value is -6.39. The number of hydrogen-bond donors (Lipinski definition) is 0. The molecule has 0 N–H and O–H groups in total. The second-order valence-electron chi connectivity index (χ2n) is 12.5. The molecule has 5 aromatic carbocycles. The first-order valence-corrected chi connectivity index (χ1v) is 16.7. The van der Waals surface area contributed by atoms with Gasteiger partial charge in [-0.1, -0.05) is 115 Å². The fraction of sp³-hybridized carbons (Fsp3) is 0.0444. The summed E-state index contributed by atoms with van der Waals surface area (Å²) in [4.78, 5) is 17.3. The number of benzene rings is 5. The lowest BCUT2D eigenvalue weighted by atomic mass is 9.88. The fourth-order valence-electron chi connectivity index (χ4n) is 7.04. The third kappa shape index (κ3) is 5.15. The second-order valence-corrected chi connectivity index (χ2v) is 12.5. The molecule has 0 atom stereocenters. The van der Waals surface area contributed by atoms with E-state index in [1.807, 2.05) is 18.5 Å². The summed E-state index contributed by atoms with van der Waals surface area (Å²) in [7, 11) is 0. The molecular weight excluding hydrogens is 597 g/mol. The van der Waals surface area contributed by atoms with Gasteiger partial charge in [0.2, 0.25) is 0 Å². The summed E-state index contributed by atoms with van der Waals surface area (Å²) in [5, 5.41) is 2.44. The van der Waals surface area contributed by atoms with E-state index >= 15 is 0 Å². The summed E-state index contributed by atoms with van der Waals surface area (Å²) in [6, 6.07) is 43.0. The van der Waals surface area contributed by atoms with Crippen molar-refractivity contribution in [2.75, 3.05) is 4.90 Å². The van der Waals surface area contributed by atoms with Crippen LogP contribution in [0.5, 0.6) is 0 Å². The van der Waals surface area contributed by atoms with Crippen LogP contribution in [-0.4, -0.2) is 15.0 Å². The van der Waals surface area contributed by atoms with Crippen LogP contribution in [0.2, 0.25) is 0 Å². The van der Waals surface area contributed by atoms with Crippen LogP contribution in [0.25, 0.3) is 61.2 Å². The Bertz CT molecular complexity index is 2480. The largest absolute Gasteiger partial charge is 0.307 e. The van der Waals surface area contributed by atoms with Crippen molar-refractivity contribution in [2.45, 2.75) is 13.3 Å². The van der Waals surface area contributed by atoms with E-state index < -0.39 is 0 Å². The summed E-state index contributed by atoms with van der Waals surface area (Å²) >= 11 is 0. The number of nitrogens with zero attached hydrogens (tertiary/aromatic N) is 4. The van der Waals surface area contributed by atoms with E-state index in [2.05, 4.69) is 162 Å². The van der Waals surface area contributed by atoms with Crippen molar-refractivity contribution in [3.05, 3.63) is 175 Å². The lowest BCUT2D eigenvalue weighted by Crippen LogP contribution is -2.16. The van der Waals surface area contributed by atoms with Gasteiger partial charge in [-0.05, 0) is 83.0 Å². The van der Waals surface area contributed by atoms with Crippen molar-refractivity contribution in [1.29, 1.82) is 0 Å². The standard InChI is InChI=1S/C45H32N4/c1-30-21-22-35(45-47-39(32-15-6-2-3-7-16-32)28-40(48-45)33-17-10-5-11-18-33)27-42(30)49-41-20-12-19-34-25-36(31-13-8-4-9-14-31)26-38(44(34)41)37-23-24-46-29-43(37)49/h2-15,17-29H,16H2,1H3. The smallest absolute Gasteiger partial charge is 0.160 e. The molecule has 0 radical (unpaired) electrons. The van der Waals surface area contributed by atoms with Crippen LogP contribution >= 0.6 is 0 Å². The van der Waals surface area contributed by atoms with E-state index in [1.54, 1.807) is 0 Å². The predicted molar refractivity (Wildman–Crippen MR) is 203 cm³/mol. The van der Waals surface area contributed by atoms with Crippen molar-refractivity contribution < 1.29 is 0 Å². The number of anilines is 3. The third-order valence-electron chi connectivity index (χ3n) is 9.46. The van der Waals surface area contributed by atoms with Gasteiger partial charge < -0.3 is 4.90 Å². The number of aromatic nitrogens is 3. The first kappa shape index (κ1) is 28.8. The van der Waals surface area contributed by atoms with Crippen molar-refractivity contribution in [3.8, 4) is 44.9 Å². The number of rotatable bonds is 5. The van der Waals surface area contributed by atoms with Gasteiger partial charge >= 0.3 is 0 Å². The highest BCUT2D eigenvalue weighted by Gasteiger charge is 2.28. The summed E-state index contributed by atoms with van der Waals surface area (Å²) < 4.78 is 0. The van der Waals surface area contributed by atoms with Crippen molar-refractivity contribution >= 4 is 33.4 Å². The first-order chi connectivity index (χ1) is 24.2. The molecule has 0 saturated carbocycles. The molecule has 0 saturated heterocycles.